The quantitative estimate of drug-likeness (QED) is 0.431. The zero-order valence-electron chi connectivity index (χ0n) is 16.5. The average Bonchev–Trinajstić information content (AvgIpc) is 3.38. The highest BCUT2D eigenvalue weighted by Gasteiger charge is 2.21. The molecule has 0 fully saturated rings. The smallest absolute Gasteiger partial charge is 0.340 e. The van der Waals surface area contributed by atoms with Crippen molar-refractivity contribution in [2.75, 3.05) is 11.9 Å². The van der Waals surface area contributed by atoms with E-state index in [4.69, 9.17) is 9.47 Å². The number of fused-ring (bicyclic) bond motifs is 1. The third-order valence-electron chi connectivity index (χ3n) is 4.49. The number of nitrogens with zero attached hydrogens (tertiary/aromatic N) is 4. The van der Waals surface area contributed by atoms with E-state index in [0.717, 1.165) is 0 Å². The van der Waals surface area contributed by atoms with Gasteiger partial charge < -0.3 is 14.8 Å². The fraction of sp³-hybridized carbons (Fsp3) is 0.143. The molecule has 0 amide bonds. The number of nitriles is 1. The fourth-order valence-corrected chi connectivity index (χ4v) is 3.58. The van der Waals surface area contributed by atoms with Gasteiger partial charge >= 0.3 is 5.97 Å². The topological polar surface area (TPSA) is 102 Å². The number of aromatic nitrogens is 3. The van der Waals surface area contributed by atoms with Gasteiger partial charge in [0, 0.05) is 23.8 Å². The predicted molar refractivity (Wildman–Crippen MR) is 112 cm³/mol. The van der Waals surface area contributed by atoms with Crippen molar-refractivity contribution < 1.29 is 18.7 Å². The second kappa shape index (κ2) is 8.41. The van der Waals surface area contributed by atoms with Crippen molar-refractivity contribution in [1.82, 2.24) is 14.6 Å². The van der Waals surface area contributed by atoms with Crippen LogP contribution in [0, 0.1) is 24.1 Å². The van der Waals surface area contributed by atoms with E-state index in [1.165, 1.54) is 40.4 Å². The minimum Gasteiger partial charge on any atom is -0.462 e. The van der Waals surface area contributed by atoms with Crippen LogP contribution in [-0.2, 0) is 4.74 Å². The number of nitrogens with one attached hydrogen (secondary N) is 1. The van der Waals surface area contributed by atoms with Gasteiger partial charge in [-0.05, 0) is 31.5 Å². The second-order valence-corrected chi connectivity index (χ2v) is 7.25. The van der Waals surface area contributed by atoms with Gasteiger partial charge in [-0.25, -0.2) is 18.7 Å². The number of esters is 1. The van der Waals surface area contributed by atoms with E-state index in [9.17, 15) is 14.4 Å². The lowest BCUT2D eigenvalue weighted by Crippen LogP contribution is -2.04. The van der Waals surface area contributed by atoms with Crippen LogP contribution in [0.25, 0.3) is 5.52 Å². The zero-order chi connectivity index (χ0) is 22.0. The molecule has 0 radical (unpaired) electrons. The Labute approximate surface area is 180 Å². The molecule has 0 aliphatic rings. The van der Waals surface area contributed by atoms with Gasteiger partial charge in [-0.15, -0.1) is 0 Å². The Morgan fingerprint density at radius 3 is 2.94 bits per heavy atom. The van der Waals surface area contributed by atoms with Crippen LogP contribution in [0.2, 0.25) is 0 Å². The molecule has 156 valence electrons. The number of ether oxygens (including phenoxy) is 2. The molecule has 0 spiro atoms. The summed E-state index contributed by atoms with van der Waals surface area (Å²) in [4.78, 5) is 16.3. The Balaban J connectivity index is 1.73. The summed E-state index contributed by atoms with van der Waals surface area (Å²) in [6, 6.07) is 6.37. The molecular weight excluding hydrogens is 421 g/mol. The second-order valence-electron chi connectivity index (χ2n) is 6.39. The summed E-state index contributed by atoms with van der Waals surface area (Å²) >= 11 is 1.29. The summed E-state index contributed by atoms with van der Waals surface area (Å²) < 4.78 is 26.9. The van der Waals surface area contributed by atoms with Gasteiger partial charge in [0.2, 0.25) is 0 Å². The van der Waals surface area contributed by atoms with Crippen LogP contribution in [-0.4, -0.2) is 27.2 Å². The standard InChI is InChI=1S/C21H16FN5O3S/c1-3-29-20(28)15-11-27-19(12(15)2)18(13(9-23)10-25-27)26-17-5-4-14(8-16(17)22)30-21-24-6-7-31-21/h4-8,10-11,26H,3H2,1-2H3. The molecule has 31 heavy (non-hydrogen) atoms. The molecular formula is C21H16FN5O3S. The van der Waals surface area contributed by atoms with E-state index in [1.807, 2.05) is 0 Å². The van der Waals surface area contributed by atoms with Crippen molar-refractivity contribution in [3.05, 3.63) is 64.7 Å². The lowest BCUT2D eigenvalue weighted by atomic mass is 10.1. The van der Waals surface area contributed by atoms with Crippen LogP contribution in [0.15, 0.2) is 42.2 Å². The summed E-state index contributed by atoms with van der Waals surface area (Å²) in [6.45, 7) is 3.66. The van der Waals surface area contributed by atoms with E-state index in [-0.39, 0.29) is 17.9 Å². The number of thiazole rings is 1. The molecule has 1 aromatic carbocycles. The van der Waals surface area contributed by atoms with Crippen molar-refractivity contribution in [1.29, 1.82) is 5.26 Å². The van der Waals surface area contributed by atoms with Gasteiger partial charge in [0.05, 0.1) is 40.8 Å². The highest BCUT2D eigenvalue weighted by atomic mass is 32.1. The first kappa shape index (κ1) is 20.3. The Kier molecular flexibility index (Phi) is 5.51. The fourth-order valence-electron chi connectivity index (χ4n) is 3.07. The van der Waals surface area contributed by atoms with Crippen molar-refractivity contribution in [3.8, 4) is 17.0 Å². The highest BCUT2D eigenvalue weighted by molar-refractivity contribution is 7.11. The number of hydrogen-bond donors (Lipinski definition) is 1. The minimum absolute atomic E-state index is 0.134. The zero-order valence-corrected chi connectivity index (χ0v) is 17.4. The third-order valence-corrected chi connectivity index (χ3v) is 5.14. The maximum atomic E-state index is 14.8. The molecule has 0 saturated carbocycles. The summed E-state index contributed by atoms with van der Waals surface area (Å²) in [5.41, 5.74) is 2.03. The Morgan fingerprint density at radius 1 is 1.42 bits per heavy atom. The Hall–Kier alpha value is -3.97. The lowest BCUT2D eigenvalue weighted by molar-refractivity contribution is 0.0525. The summed E-state index contributed by atoms with van der Waals surface area (Å²) in [5, 5.41) is 18.9. The molecule has 0 saturated heterocycles. The number of carbonyl (C=O) groups excluding carboxylic acids is 1. The van der Waals surface area contributed by atoms with Gasteiger partial charge in [0.15, 0.2) is 0 Å². The molecule has 0 aliphatic heterocycles. The van der Waals surface area contributed by atoms with E-state index >= 15 is 0 Å². The minimum atomic E-state index is -0.581. The summed E-state index contributed by atoms with van der Waals surface area (Å²) in [7, 11) is 0. The number of aryl methyl sites for hydroxylation is 1. The highest BCUT2D eigenvalue weighted by Crippen LogP contribution is 2.33. The average molecular weight is 437 g/mol. The van der Waals surface area contributed by atoms with E-state index in [1.54, 1.807) is 31.5 Å². The first-order chi connectivity index (χ1) is 15.0. The van der Waals surface area contributed by atoms with Gasteiger partial charge in [-0.3, -0.25) is 0 Å². The molecule has 4 rings (SSSR count). The molecule has 1 N–H and O–H groups in total. The SMILES string of the molecule is CCOC(=O)c1cn2ncc(C#N)c(Nc3ccc(Oc4nccs4)cc3F)c2c1C. The predicted octanol–water partition coefficient (Wildman–Crippen LogP) is 4.82. The number of hydrogen-bond acceptors (Lipinski definition) is 8. The molecule has 0 bridgehead atoms. The van der Waals surface area contributed by atoms with Crippen molar-refractivity contribution in [2.45, 2.75) is 13.8 Å². The van der Waals surface area contributed by atoms with Crippen molar-refractivity contribution in [2.24, 2.45) is 0 Å². The molecule has 10 heteroatoms. The molecule has 3 heterocycles. The van der Waals surface area contributed by atoms with Crippen molar-refractivity contribution in [3.63, 3.8) is 0 Å². The maximum absolute atomic E-state index is 14.8. The van der Waals surface area contributed by atoms with E-state index in [0.29, 0.717) is 33.3 Å². The first-order valence-corrected chi connectivity index (χ1v) is 10.1. The molecule has 3 aromatic heterocycles. The Morgan fingerprint density at radius 2 is 2.26 bits per heavy atom. The van der Waals surface area contributed by atoms with Crippen LogP contribution in [0.1, 0.15) is 28.4 Å². The van der Waals surface area contributed by atoms with Gasteiger partial charge in [-0.2, -0.15) is 10.4 Å². The maximum Gasteiger partial charge on any atom is 0.340 e. The van der Waals surface area contributed by atoms with Crippen LogP contribution in [0.5, 0.6) is 10.9 Å². The lowest BCUT2D eigenvalue weighted by Gasteiger charge is -2.12. The number of halogens is 1. The van der Waals surface area contributed by atoms with E-state index < -0.39 is 11.8 Å². The number of rotatable bonds is 6. The number of benzene rings is 1. The monoisotopic (exact) mass is 437 g/mol. The molecule has 8 nitrogen and oxygen atoms in total. The molecule has 0 aliphatic carbocycles. The summed E-state index contributed by atoms with van der Waals surface area (Å²) in [5.74, 6) is -0.783. The van der Waals surface area contributed by atoms with Gasteiger partial charge in [-0.1, -0.05) is 11.3 Å². The normalized spacial score (nSPS) is 10.6. The van der Waals surface area contributed by atoms with E-state index in [2.05, 4.69) is 21.5 Å². The summed E-state index contributed by atoms with van der Waals surface area (Å²) in [6.07, 6.45) is 4.46. The van der Waals surface area contributed by atoms with Crippen molar-refractivity contribution >= 4 is 34.2 Å². The van der Waals surface area contributed by atoms with Gasteiger partial charge in [0.1, 0.15) is 17.6 Å². The number of carbonyl (C=O) groups is 1. The molecule has 0 atom stereocenters. The van der Waals surface area contributed by atoms with Gasteiger partial charge in [0.25, 0.3) is 5.19 Å². The largest absolute Gasteiger partial charge is 0.462 e. The number of anilines is 2. The first-order valence-electron chi connectivity index (χ1n) is 9.24. The molecule has 0 unspecified atom stereocenters. The molecule has 4 aromatic rings. The third kappa shape index (κ3) is 3.91. The van der Waals surface area contributed by atoms with Crippen LogP contribution in [0.3, 0.4) is 0 Å². The Bertz CT molecular complexity index is 1310. The van der Waals surface area contributed by atoms with Crippen LogP contribution in [0.4, 0.5) is 15.8 Å². The van der Waals surface area contributed by atoms with Crippen LogP contribution < -0.4 is 10.1 Å². The van der Waals surface area contributed by atoms with Crippen LogP contribution >= 0.6 is 11.3 Å².